The van der Waals surface area contributed by atoms with Crippen LogP contribution in [0.2, 0.25) is 0 Å². The predicted molar refractivity (Wildman–Crippen MR) is 136 cm³/mol. The molecule has 4 aromatic rings. The maximum atomic E-state index is 13.2. The molecule has 1 fully saturated rings. The molecule has 9 nitrogen and oxygen atoms in total. The SMILES string of the molecule is COc1cccc(-c2cc(C(N)=O)c3[nH]c4cc(C(=O)N5CCC(NC(=O)O)CC5)ccc4c3c2)c1. The number of ether oxygens (including phenoxy) is 1. The number of methoxy groups -OCH3 is 1. The molecule has 3 amide bonds. The highest BCUT2D eigenvalue weighted by atomic mass is 16.5. The number of nitrogens with zero attached hydrogens (tertiary/aromatic N) is 1. The van der Waals surface area contributed by atoms with E-state index in [2.05, 4.69) is 10.3 Å². The average Bonchev–Trinajstić information content (AvgIpc) is 3.25. The van der Waals surface area contributed by atoms with Crippen molar-refractivity contribution in [3.05, 3.63) is 65.7 Å². The lowest BCUT2D eigenvalue weighted by Gasteiger charge is -2.31. The van der Waals surface area contributed by atoms with Gasteiger partial charge in [0.25, 0.3) is 11.8 Å². The summed E-state index contributed by atoms with van der Waals surface area (Å²) < 4.78 is 5.34. The van der Waals surface area contributed by atoms with Crippen molar-refractivity contribution in [1.29, 1.82) is 0 Å². The van der Waals surface area contributed by atoms with Gasteiger partial charge in [-0.2, -0.15) is 0 Å². The molecule has 3 aromatic carbocycles. The van der Waals surface area contributed by atoms with Crippen LogP contribution in [0.15, 0.2) is 54.6 Å². The lowest BCUT2D eigenvalue weighted by Crippen LogP contribution is -2.46. The fourth-order valence-corrected chi connectivity index (χ4v) is 4.89. The van der Waals surface area contributed by atoms with Gasteiger partial charge in [0, 0.05) is 41.0 Å². The first kappa shape index (κ1) is 23.2. The number of likely N-dealkylation sites (tertiary alicyclic amines) is 1. The zero-order valence-electron chi connectivity index (χ0n) is 19.7. The van der Waals surface area contributed by atoms with Crippen molar-refractivity contribution < 1.29 is 24.2 Å². The standard InChI is InChI=1S/C27H26N4O5/c1-36-19-4-2-3-15(11-19)17-12-21-20-6-5-16(14-23(20)30-24(21)22(13-17)25(28)32)26(33)31-9-7-18(8-10-31)29-27(34)35/h2-6,11-14,18,29-30H,7-10H2,1H3,(H2,28,32)(H,34,35). The van der Waals surface area contributed by atoms with E-state index in [1.54, 1.807) is 30.2 Å². The second kappa shape index (κ2) is 9.26. The zero-order valence-corrected chi connectivity index (χ0v) is 19.7. The van der Waals surface area contributed by atoms with Crippen molar-refractivity contribution in [1.82, 2.24) is 15.2 Å². The van der Waals surface area contributed by atoms with Crippen LogP contribution in [0.25, 0.3) is 32.9 Å². The van der Waals surface area contributed by atoms with Gasteiger partial charge in [-0.1, -0.05) is 18.2 Å². The van der Waals surface area contributed by atoms with Gasteiger partial charge in [0.2, 0.25) is 0 Å². The number of aromatic amines is 1. The summed E-state index contributed by atoms with van der Waals surface area (Å²) in [5.41, 5.74) is 9.68. The van der Waals surface area contributed by atoms with E-state index in [1.807, 2.05) is 36.4 Å². The van der Waals surface area contributed by atoms with Gasteiger partial charge in [0.05, 0.1) is 18.2 Å². The number of nitrogens with one attached hydrogen (secondary N) is 2. The van der Waals surface area contributed by atoms with Crippen molar-refractivity contribution in [2.75, 3.05) is 20.2 Å². The number of hydrogen-bond acceptors (Lipinski definition) is 4. The number of nitrogens with two attached hydrogens (primary N) is 1. The third-order valence-electron chi connectivity index (χ3n) is 6.73. The first-order valence-electron chi connectivity index (χ1n) is 11.7. The molecule has 184 valence electrons. The minimum atomic E-state index is -1.05. The molecule has 1 aromatic heterocycles. The van der Waals surface area contributed by atoms with Gasteiger partial charge in [0.1, 0.15) is 5.75 Å². The maximum absolute atomic E-state index is 13.2. The van der Waals surface area contributed by atoms with Gasteiger partial charge < -0.3 is 30.8 Å². The quantitative estimate of drug-likeness (QED) is 0.338. The topological polar surface area (TPSA) is 138 Å². The first-order valence-corrected chi connectivity index (χ1v) is 11.7. The second-order valence-electron chi connectivity index (χ2n) is 8.94. The number of hydrogen-bond donors (Lipinski definition) is 4. The molecule has 1 saturated heterocycles. The number of carboxylic acid groups (broad SMARTS) is 1. The molecule has 9 heteroatoms. The van der Waals surface area contributed by atoms with E-state index >= 15 is 0 Å². The molecule has 0 radical (unpaired) electrons. The molecule has 0 unspecified atom stereocenters. The number of carbonyl (C=O) groups excluding carboxylic acids is 2. The molecular weight excluding hydrogens is 460 g/mol. The van der Waals surface area contributed by atoms with Crippen LogP contribution in [-0.4, -0.2) is 59.1 Å². The third kappa shape index (κ3) is 4.31. The van der Waals surface area contributed by atoms with E-state index in [1.165, 1.54) is 0 Å². The highest BCUT2D eigenvalue weighted by Crippen LogP contribution is 2.34. The van der Waals surface area contributed by atoms with Gasteiger partial charge in [-0.3, -0.25) is 9.59 Å². The van der Waals surface area contributed by atoms with Gasteiger partial charge >= 0.3 is 6.09 Å². The van der Waals surface area contributed by atoms with Gasteiger partial charge in [-0.25, -0.2) is 4.79 Å². The zero-order chi connectivity index (χ0) is 25.4. The Kier molecular flexibility index (Phi) is 5.97. The molecule has 0 atom stereocenters. The number of aromatic nitrogens is 1. The number of primary amides is 1. The fourth-order valence-electron chi connectivity index (χ4n) is 4.89. The van der Waals surface area contributed by atoms with Crippen LogP contribution in [0.1, 0.15) is 33.6 Å². The summed E-state index contributed by atoms with van der Waals surface area (Å²) in [7, 11) is 1.60. The Morgan fingerprint density at radius 1 is 1.03 bits per heavy atom. The maximum Gasteiger partial charge on any atom is 0.404 e. The third-order valence-corrected chi connectivity index (χ3v) is 6.73. The Balaban J connectivity index is 1.50. The van der Waals surface area contributed by atoms with Gasteiger partial charge in [-0.05, 0) is 60.4 Å². The van der Waals surface area contributed by atoms with Crippen LogP contribution in [0.5, 0.6) is 5.75 Å². The molecule has 5 rings (SSSR count). The highest BCUT2D eigenvalue weighted by Gasteiger charge is 2.25. The summed E-state index contributed by atoms with van der Waals surface area (Å²) >= 11 is 0. The minimum Gasteiger partial charge on any atom is -0.497 e. The number of fused-ring (bicyclic) bond motifs is 3. The Bertz CT molecular complexity index is 1500. The normalized spacial score (nSPS) is 14.2. The summed E-state index contributed by atoms with van der Waals surface area (Å²) in [5, 5.41) is 13.1. The highest BCUT2D eigenvalue weighted by molar-refractivity contribution is 6.17. The molecular formula is C27H26N4O5. The summed E-state index contributed by atoms with van der Waals surface area (Å²) in [6.07, 6.45) is 0.0950. The van der Waals surface area contributed by atoms with Crippen LogP contribution in [0.4, 0.5) is 4.79 Å². The van der Waals surface area contributed by atoms with Crippen LogP contribution < -0.4 is 15.8 Å². The smallest absolute Gasteiger partial charge is 0.404 e. The summed E-state index contributed by atoms with van der Waals surface area (Å²) in [6, 6.07) is 16.6. The molecule has 1 aliphatic rings. The summed E-state index contributed by atoms with van der Waals surface area (Å²) in [6.45, 7) is 0.953. The molecule has 0 bridgehead atoms. The Morgan fingerprint density at radius 2 is 1.81 bits per heavy atom. The van der Waals surface area contributed by atoms with Crippen LogP contribution in [-0.2, 0) is 0 Å². The van der Waals surface area contributed by atoms with Gasteiger partial charge in [0.15, 0.2) is 0 Å². The molecule has 2 heterocycles. The number of benzene rings is 3. The summed E-state index contributed by atoms with van der Waals surface area (Å²) in [5.74, 6) is 0.0417. The lowest BCUT2D eigenvalue weighted by molar-refractivity contribution is 0.0706. The van der Waals surface area contributed by atoms with E-state index in [0.29, 0.717) is 48.3 Å². The van der Waals surface area contributed by atoms with Crippen LogP contribution >= 0.6 is 0 Å². The van der Waals surface area contributed by atoms with E-state index in [-0.39, 0.29) is 11.9 Å². The van der Waals surface area contributed by atoms with Crippen molar-refractivity contribution >= 4 is 39.7 Å². The Labute approximate surface area is 206 Å². The van der Waals surface area contributed by atoms with E-state index in [4.69, 9.17) is 15.6 Å². The van der Waals surface area contributed by atoms with Crippen molar-refractivity contribution in [2.45, 2.75) is 18.9 Å². The minimum absolute atomic E-state index is 0.114. The van der Waals surface area contributed by atoms with Crippen LogP contribution in [0, 0.1) is 0 Å². The van der Waals surface area contributed by atoms with Crippen LogP contribution in [0.3, 0.4) is 0 Å². The molecule has 1 aliphatic heterocycles. The second-order valence-corrected chi connectivity index (χ2v) is 8.94. The number of amides is 3. The van der Waals surface area contributed by atoms with E-state index in [0.717, 1.165) is 27.4 Å². The largest absolute Gasteiger partial charge is 0.497 e. The predicted octanol–water partition coefficient (Wildman–Crippen LogP) is 3.97. The van der Waals surface area contributed by atoms with E-state index in [9.17, 15) is 14.4 Å². The number of H-pyrrole nitrogens is 1. The molecule has 0 aliphatic carbocycles. The van der Waals surface area contributed by atoms with Crippen molar-refractivity contribution in [3.8, 4) is 16.9 Å². The molecule has 5 N–H and O–H groups in total. The van der Waals surface area contributed by atoms with E-state index < -0.39 is 12.0 Å². The number of rotatable bonds is 5. The van der Waals surface area contributed by atoms with Gasteiger partial charge in [-0.15, -0.1) is 0 Å². The fraction of sp³-hybridized carbons (Fsp3) is 0.222. The first-order chi connectivity index (χ1) is 17.3. The Hall–Kier alpha value is -4.53. The molecule has 0 spiro atoms. The van der Waals surface area contributed by atoms with Crippen molar-refractivity contribution in [3.63, 3.8) is 0 Å². The number of piperidine rings is 1. The van der Waals surface area contributed by atoms with Crippen molar-refractivity contribution in [2.24, 2.45) is 5.73 Å². The number of carbonyl (C=O) groups is 3. The Morgan fingerprint density at radius 3 is 2.50 bits per heavy atom. The lowest BCUT2D eigenvalue weighted by atomic mass is 9.98. The molecule has 36 heavy (non-hydrogen) atoms. The monoisotopic (exact) mass is 486 g/mol. The summed E-state index contributed by atoms with van der Waals surface area (Å²) in [4.78, 5) is 41.4. The average molecular weight is 487 g/mol. The molecule has 0 saturated carbocycles.